The molecule has 98 valence electrons. The highest BCUT2D eigenvalue weighted by Gasteiger charge is 2.29. The summed E-state index contributed by atoms with van der Waals surface area (Å²) in [6, 6.07) is 2.16. The minimum Gasteiger partial charge on any atom is -0.296 e. The van der Waals surface area contributed by atoms with Crippen LogP contribution in [0.1, 0.15) is 30.6 Å². The first-order chi connectivity index (χ1) is 8.32. The highest BCUT2D eigenvalue weighted by molar-refractivity contribution is 6.13. The van der Waals surface area contributed by atoms with Gasteiger partial charge in [0.25, 0.3) is 0 Å². The molecule has 0 spiro atoms. The molecule has 2 nitrogen and oxygen atoms in total. The summed E-state index contributed by atoms with van der Waals surface area (Å²) in [5.74, 6) is -4.29. The highest BCUT2D eigenvalue weighted by Crippen LogP contribution is 2.15. The predicted molar refractivity (Wildman–Crippen MR) is 60.0 cm³/mol. The molecule has 0 aromatic heterocycles. The lowest BCUT2D eigenvalue weighted by molar-refractivity contribution is -0.122. The molecule has 1 aromatic carbocycles. The third-order valence-corrected chi connectivity index (χ3v) is 2.32. The van der Waals surface area contributed by atoms with Gasteiger partial charge in [0.2, 0.25) is 12.0 Å². The average Bonchev–Trinajstić information content (AvgIpc) is 2.26. The zero-order chi connectivity index (χ0) is 13.9. The van der Waals surface area contributed by atoms with Gasteiger partial charge in [0.15, 0.2) is 5.78 Å². The number of Topliss-reactive ketones (excluding diaryl/α,β-unsaturated/α-hetero) is 2. The van der Waals surface area contributed by atoms with E-state index in [1.54, 1.807) is 13.8 Å². The van der Waals surface area contributed by atoms with Gasteiger partial charge in [0.05, 0.1) is 5.56 Å². The first-order valence-electron chi connectivity index (χ1n) is 5.49. The van der Waals surface area contributed by atoms with E-state index in [0.29, 0.717) is 6.07 Å². The van der Waals surface area contributed by atoms with Crippen LogP contribution in [0.2, 0.25) is 0 Å². The Hall–Kier alpha value is -1.65. The first kappa shape index (κ1) is 14.4. The standard InChI is InChI=1S/C13H13F3O2/c1-7(2)5-11(17)12(16)13(18)9-4-3-8(14)6-10(9)15/h3-4,6-7,12H,5H2,1-2H3. The van der Waals surface area contributed by atoms with Crippen LogP contribution in [-0.4, -0.2) is 17.7 Å². The second-order valence-corrected chi connectivity index (χ2v) is 4.42. The maximum absolute atomic E-state index is 13.6. The molecular weight excluding hydrogens is 245 g/mol. The topological polar surface area (TPSA) is 34.1 Å². The van der Waals surface area contributed by atoms with Gasteiger partial charge in [-0.3, -0.25) is 9.59 Å². The third-order valence-electron chi connectivity index (χ3n) is 2.32. The number of hydrogen-bond acceptors (Lipinski definition) is 2. The molecule has 1 rings (SSSR count). The van der Waals surface area contributed by atoms with Crippen molar-refractivity contribution in [1.29, 1.82) is 0 Å². The number of alkyl halides is 1. The maximum Gasteiger partial charge on any atom is 0.220 e. The SMILES string of the molecule is CC(C)CC(=O)C(F)C(=O)c1ccc(F)cc1F. The van der Waals surface area contributed by atoms with Gasteiger partial charge >= 0.3 is 0 Å². The van der Waals surface area contributed by atoms with Gasteiger partial charge in [-0.2, -0.15) is 0 Å². The number of hydrogen-bond donors (Lipinski definition) is 0. The molecule has 0 saturated heterocycles. The molecule has 5 heteroatoms. The molecular formula is C13H13F3O2. The summed E-state index contributed by atoms with van der Waals surface area (Å²) in [5.41, 5.74) is -0.610. The second-order valence-electron chi connectivity index (χ2n) is 4.42. The van der Waals surface area contributed by atoms with Crippen LogP contribution in [0, 0.1) is 17.6 Å². The van der Waals surface area contributed by atoms with Gasteiger partial charge < -0.3 is 0 Å². The lowest BCUT2D eigenvalue weighted by atomic mass is 9.98. The van der Waals surface area contributed by atoms with Crippen LogP contribution >= 0.6 is 0 Å². The lowest BCUT2D eigenvalue weighted by Gasteiger charge is -2.09. The molecule has 1 aromatic rings. The minimum atomic E-state index is -2.40. The Bertz CT molecular complexity index is 469. The van der Waals surface area contributed by atoms with Gasteiger partial charge in [-0.1, -0.05) is 13.8 Å². The van der Waals surface area contributed by atoms with E-state index in [9.17, 15) is 22.8 Å². The van der Waals surface area contributed by atoms with E-state index in [2.05, 4.69) is 0 Å². The summed E-state index contributed by atoms with van der Waals surface area (Å²) in [6.07, 6.45) is -2.50. The molecule has 0 N–H and O–H groups in total. The molecule has 1 unspecified atom stereocenters. The van der Waals surface area contributed by atoms with Crippen LogP contribution in [0.15, 0.2) is 18.2 Å². The average molecular weight is 258 g/mol. The number of rotatable bonds is 5. The van der Waals surface area contributed by atoms with E-state index in [-0.39, 0.29) is 12.3 Å². The van der Waals surface area contributed by atoms with Crippen LogP contribution in [0.5, 0.6) is 0 Å². The fraction of sp³-hybridized carbons (Fsp3) is 0.385. The Labute approximate surface area is 103 Å². The normalized spacial score (nSPS) is 12.6. The molecule has 0 radical (unpaired) electrons. The Morgan fingerprint density at radius 3 is 2.33 bits per heavy atom. The van der Waals surface area contributed by atoms with Crippen molar-refractivity contribution in [2.24, 2.45) is 5.92 Å². The van der Waals surface area contributed by atoms with Crippen molar-refractivity contribution in [2.45, 2.75) is 26.4 Å². The molecule has 0 bridgehead atoms. The number of carbonyl (C=O) groups excluding carboxylic acids is 2. The second kappa shape index (κ2) is 5.80. The number of carbonyl (C=O) groups is 2. The Kier molecular flexibility index (Phi) is 4.64. The van der Waals surface area contributed by atoms with E-state index >= 15 is 0 Å². The van der Waals surface area contributed by atoms with Crippen LogP contribution in [0.3, 0.4) is 0 Å². The van der Waals surface area contributed by atoms with Crippen LogP contribution in [0.4, 0.5) is 13.2 Å². The highest BCUT2D eigenvalue weighted by atomic mass is 19.1. The predicted octanol–water partition coefficient (Wildman–Crippen LogP) is 3.10. The fourth-order valence-electron chi connectivity index (χ4n) is 1.48. The number of ketones is 2. The Morgan fingerprint density at radius 2 is 1.83 bits per heavy atom. The van der Waals surface area contributed by atoms with Gasteiger partial charge in [0, 0.05) is 12.5 Å². The third kappa shape index (κ3) is 3.42. The van der Waals surface area contributed by atoms with Crippen LogP contribution in [0.25, 0.3) is 0 Å². The monoisotopic (exact) mass is 258 g/mol. The summed E-state index contributed by atoms with van der Waals surface area (Å²) in [7, 11) is 0. The molecule has 0 fully saturated rings. The van der Waals surface area contributed by atoms with Crippen LogP contribution in [-0.2, 0) is 4.79 Å². The minimum absolute atomic E-state index is 0.0957. The number of benzene rings is 1. The zero-order valence-corrected chi connectivity index (χ0v) is 10.0. The molecule has 0 aliphatic heterocycles. The summed E-state index contributed by atoms with van der Waals surface area (Å²) < 4.78 is 39.4. The molecule has 0 aliphatic carbocycles. The van der Waals surface area contributed by atoms with E-state index < -0.39 is 34.9 Å². The molecule has 0 aliphatic rings. The van der Waals surface area contributed by atoms with Crippen molar-refractivity contribution >= 4 is 11.6 Å². The Balaban J connectivity index is 2.90. The molecule has 0 heterocycles. The lowest BCUT2D eigenvalue weighted by Crippen LogP contribution is -2.27. The number of halogens is 3. The first-order valence-corrected chi connectivity index (χ1v) is 5.49. The van der Waals surface area contributed by atoms with Gasteiger partial charge in [-0.15, -0.1) is 0 Å². The van der Waals surface area contributed by atoms with Gasteiger partial charge in [-0.25, -0.2) is 13.2 Å². The molecule has 1 atom stereocenters. The summed E-state index contributed by atoms with van der Waals surface area (Å²) in [4.78, 5) is 22.9. The largest absolute Gasteiger partial charge is 0.296 e. The van der Waals surface area contributed by atoms with Crippen molar-refractivity contribution in [3.63, 3.8) is 0 Å². The fourth-order valence-corrected chi connectivity index (χ4v) is 1.48. The maximum atomic E-state index is 13.6. The van der Waals surface area contributed by atoms with E-state index in [1.807, 2.05) is 0 Å². The summed E-state index contributed by atoms with van der Waals surface area (Å²) >= 11 is 0. The molecule has 0 saturated carbocycles. The van der Waals surface area contributed by atoms with Crippen molar-refractivity contribution in [2.75, 3.05) is 0 Å². The quantitative estimate of drug-likeness (QED) is 0.600. The summed E-state index contributed by atoms with van der Waals surface area (Å²) in [5, 5.41) is 0. The van der Waals surface area contributed by atoms with E-state index in [4.69, 9.17) is 0 Å². The van der Waals surface area contributed by atoms with Crippen molar-refractivity contribution < 1.29 is 22.8 Å². The smallest absolute Gasteiger partial charge is 0.220 e. The van der Waals surface area contributed by atoms with E-state index in [1.165, 1.54) is 0 Å². The molecule has 0 amide bonds. The van der Waals surface area contributed by atoms with Crippen molar-refractivity contribution in [3.8, 4) is 0 Å². The zero-order valence-electron chi connectivity index (χ0n) is 10.0. The summed E-state index contributed by atoms with van der Waals surface area (Å²) in [6.45, 7) is 3.40. The van der Waals surface area contributed by atoms with Gasteiger partial charge in [-0.05, 0) is 18.1 Å². The van der Waals surface area contributed by atoms with E-state index in [0.717, 1.165) is 12.1 Å². The van der Waals surface area contributed by atoms with Crippen molar-refractivity contribution in [1.82, 2.24) is 0 Å². The van der Waals surface area contributed by atoms with Crippen LogP contribution < -0.4 is 0 Å². The van der Waals surface area contributed by atoms with Gasteiger partial charge in [0.1, 0.15) is 11.6 Å². The molecule has 18 heavy (non-hydrogen) atoms. The Morgan fingerprint density at radius 1 is 1.22 bits per heavy atom. The van der Waals surface area contributed by atoms with Crippen molar-refractivity contribution in [3.05, 3.63) is 35.4 Å².